The monoisotopic (exact) mass is 368 g/mol. The average Bonchev–Trinajstić information content (AvgIpc) is 2.98. The van der Waals surface area contributed by atoms with Gasteiger partial charge in [-0.05, 0) is 44.0 Å². The molecule has 144 valence electrons. The van der Waals surface area contributed by atoms with Crippen LogP contribution in [0.25, 0.3) is 0 Å². The van der Waals surface area contributed by atoms with Crippen LogP contribution in [0.3, 0.4) is 0 Å². The molecule has 1 amide bonds. The molecule has 0 aromatic heterocycles. The van der Waals surface area contributed by atoms with Gasteiger partial charge in [0.2, 0.25) is 0 Å². The Kier molecular flexibility index (Phi) is 6.22. The van der Waals surface area contributed by atoms with Gasteiger partial charge in [-0.15, -0.1) is 0 Å². The minimum atomic E-state index is -0.172. The summed E-state index contributed by atoms with van der Waals surface area (Å²) >= 11 is 0. The quantitative estimate of drug-likeness (QED) is 0.835. The Morgan fingerprint density at radius 1 is 0.963 bits per heavy atom. The number of nitrogens with zero attached hydrogens (tertiary/aromatic N) is 1. The maximum Gasteiger partial charge on any atom is 0.255 e. The van der Waals surface area contributed by atoms with Gasteiger partial charge in [0.05, 0.1) is 25.6 Å². The van der Waals surface area contributed by atoms with Gasteiger partial charge in [-0.2, -0.15) is 0 Å². The van der Waals surface area contributed by atoms with Gasteiger partial charge in [-0.1, -0.05) is 25.0 Å². The highest BCUT2D eigenvalue weighted by atomic mass is 16.5. The summed E-state index contributed by atoms with van der Waals surface area (Å²) in [5, 5.41) is 3.07. The van der Waals surface area contributed by atoms with Crippen molar-refractivity contribution in [2.45, 2.75) is 32.6 Å². The number of methoxy groups -OCH3 is 2. The zero-order valence-electron chi connectivity index (χ0n) is 16.4. The second-order valence-corrected chi connectivity index (χ2v) is 6.88. The SMILES string of the molecule is COc1cc(C(=O)Nc2ccccc2N2CCCCCC2)cc(OC)c1C. The Labute approximate surface area is 161 Å². The van der Waals surface area contributed by atoms with Crippen molar-refractivity contribution in [2.24, 2.45) is 0 Å². The number of ether oxygens (including phenoxy) is 2. The summed E-state index contributed by atoms with van der Waals surface area (Å²) < 4.78 is 10.8. The molecule has 0 unspecified atom stereocenters. The molecule has 5 nitrogen and oxygen atoms in total. The van der Waals surface area contributed by atoms with E-state index in [0.29, 0.717) is 17.1 Å². The van der Waals surface area contributed by atoms with Gasteiger partial charge in [-0.3, -0.25) is 4.79 Å². The lowest BCUT2D eigenvalue weighted by atomic mass is 10.1. The van der Waals surface area contributed by atoms with E-state index in [1.807, 2.05) is 25.1 Å². The molecule has 2 aromatic rings. The molecule has 1 aliphatic rings. The molecule has 1 saturated heterocycles. The highest BCUT2D eigenvalue weighted by Gasteiger charge is 2.17. The molecule has 0 atom stereocenters. The second kappa shape index (κ2) is 8.80. The van der Waals surface area contributed by atoms with Crippen molar-refractivity contribution in [3.8, 4) is 11.5 Å². The molecule has 1 fully saturated rings. The molecule has 1 heterocycles. The second-order valence-electron chi connectivity index (χ2n) is 6.88. The number of hydrogen-bond acceptors (Lipinski definition) is 4. The number of para-hydroxylation sites is 2. The Hall–Kier alpha value is -2.69. The van der Waals surface area contributed by atoms with Gasteiger partial charge in [0.1, 0.15) is 11.5 Å². The molecule has 0 bridgehead atoms. The molecule has 0 saturated carbocycles. The Morgan fingerprint density at radius 3 is 2.15 bits per heavy atom. The first-order chi connectivity index (χ1) is 13.1. The Morgan fingerprint density at radius 2 is 1.56 bits per heavy atom. The van der Waals surface area contributed by atoms with E-state index >= 15 is 0 Å². The number of anilines is 2. The van der Waals surface area contributed by atoms with Gasteiger partial charge in [-0.25, -0.2) is 0 Å². The number of benzene rings is 2. The highest BCUT2D eigenvalue weighted by Crippen LogP contribution is 2.31. The molecule has 5 heteroatoms. The summed E-state index contributed by atoms with van der Waals surface area (Å²) in [5.74, 6) is 1.11. The van der Waals surface area contributed by atoms with Crippen molar-refractivity contribution < 1.29 is 14.3 Å². The zero-order chi connectivity index (χ0) is 19.2. The predicted octanol–water partition coefficient (Wildman–Crippen LogP) is 4.64. The molecule has 0 radical (unpaired) electrons. The number of amides is 1. The normalized spacial score (nSPS) is 14.4. The predicted molar refractivity (Wildman–Crippen MR) is 109 cm³/mol. The van der Waals surface area contributed by atoms with Crippen LogP contribution < -0.4 is 19.7 Å². The summed E-state index contributed by atoms with van der Waals surface area (Å²) in [4.78, 5) is 15.3. The average molecular weight is 368 g/mol. The number of nitrogens with one attached hydrogen (secondary N) is 1. The van der Waals surface area contributed by atoms with E-state index in [2.05, 4.69) is 16.3 Å². The molecule has 1 N–H and O–H groups in total. The van der Waals surface area contributed by atoms with Gasteiger partial charge in [0.25, 0.3) is 5.91 Å². The van der Waals surface area contributed by atoms with Crippen LogP contribution in [-0.2, 0) is 0 Å². The van der Waals surface area contributed by atoms with Gasteiger partial charge >= 0.3 is 0 Å². The van der Waals surface area contributed by atoms with E-state index in [-0.39, 0.29) is 5.91 Å². The maximum absolute atomic E-state index is 12.9. The lowest BCUT2D eigenvalue weighted by molar-refractivity contribution is 0.102. The molecule has 1 aliphatic heterocycles. The van der Waals surface area contributed by atoms with Gasteiger partial charge < -0.3 is 19.7 Å². The molecule has 2 aromatic carbocycles. The third kappa shape index (κ3) is 4.35. The first-order valence-corrected chi connectivity index (χ1v) is 9.52. The summed E-state index contributed by atoms with van der Waals surface area (Å²) in [6.07, 6.45) is 4.92. The summed E-state index contributed by atoms with van der Waals surface area (Å²) in [6, 6.07) is 11.5. The minimum Gasteiger partial charge on any atom is -0.496 e. The zero-order valence-corrected chi connectivity index (χ0v) is 16.4. The summed E-state index contributed by atoms with van der Waals surface area (Å²) in [7, 11) is 3.19. The van der Waals surface area contributed by atoms with E-state index in [0.717, 1.165) is 30.0 Å². The molecule has 27 heavy (non-hydrogen) atoms. The lowest BCUT2D eigenvalue weighted by Crippen LogP contribution is -2.25. The van der Waals surface area contributed by atoms with E-state index < -0.39 is 0 Å². The molecular weight excluding hydrogens is 340 g/mol. The first kappa shape index (κ1) is 19.1. The van der Waals surface area contributed by atoms with Crippen LogP contribution in [0.5, 0.6) is 11.5 Å². The number of carbonyl (C=O) groups excluding carboxylic acids is 1. The molecule has 0 spiro atoms. The third-order valence-electron chi connectivity index (χ3n) is 5.11. The van der Waals surface area contributed by atoms with Gasteiger partial charge in [0, 0.05) is 24.2 Å². The van der Waals surface area contributed by atoms with Crippen molar-refractivity contribution in [2.75, 3.05) is 37.5 Å². The number of hydrogen-bond donors (Lipinski definition) is 1. The summed E-state index contributed by atoms with van der Waals surface area (Å²) in [5.41, 5.74) is 3.31. The third-order valence-corrected chi connectivity index (χ3v) is 5.11. The number of carbonyl (C=O) groups is 1. The maximum atomic E-state index is 12.9. The van der Waals surface area contributed by atoms with Crippen LogP contribution in [0.15, 0.2) is 36.4 Å². The Bertz CT molecular complexity index is 771. The minimum absolute atomic E-state index is 0.172. The van der Waals surface area contributed by atoms with E-state index in [1.165, 1.54) is 25.7 Å². The number of rotatable bonds is 5. The summed E-state index contributed by atoms with van der Waals surface area (Å²) in [6.45, 7) is 3.96. The van der Waals surface area contributed by atoms with Crippen molar-refractivity contribution in [3.63, 3.8) is 0 Å². The Balaban J connectivity index is 1.86. The topological polar surface area (TPSA) is 50.8 Å². The van der Waals surface area contributed by atoms with Crippen LogP contribution in [-0.4, -0.2) is 33.2 Å². The molecule has 3 rings (SSSR count). The van der Waals surface area contributed by atoms with E-state index in [1.54, 1.807) is 26.4 Å². The van der Waals surface area contributed by atoms with Crippen molar-refractivity contribution >= 4 is 17.3 Å². The van der Waals surface area contributed by atoms with E-state index in [9.17, 15) is 4.79 Å². The molecular formula is C22H28N2O3. The van der Waals surface area contributed by atoms with Crippen LogP contribution in [0.4, 0.5) is 11.4 Å². The first-order valence-electron chi connectivity index (χ1n) is 9.52. The van der Waals surface area contributed by atoms with Crippen LogP contribution in [0.1, 0.15) is 41.6 Å². The fourth-order valence-electron chi connectivity index (χ4n) is 3.58. The molecule has 0 aliphatic carbocycles. The van der Waals surface area contributed by atoms with Crippen LogP contribution in [0, 0.1) is 6.92 Å². The largest absolute Gasteiger partial charge is 0.496 e. The standard InChI is InChI=1S/C22H28N2O3/c1-16-20(26-2)14-17(15-21(16)27-3)22(25)23-18-10-6-7-11-19(18)24-12-8-4-5-9-13-24/h6-7,10-11,14-15H,4-5,8-9,12-13H2,1-3H3,(H,23,25). The van der Waals surface area contributed by atoms with Crippen molar-refractivity contribution in [1.82, 2.24) is 0 Å². The smallest absolute Gasteiger partial charge is 0.255 e. The fourth-order valence-corrected chi connectivity index (χ4v) is 3.58. The van der Waals surface area contributed by atoms with Crippen molar-refractivity contribution in [1.29, 1.82) is 0 Å². The highest BCUT2D eigenvalue weighted by molar-refractivity contribution is 6.06. The lowest BCUT2D eigenvalue weighted by Gasteiger charge is -2.25. The van der Waals surface area contributed by atoms with E-state index in [4.69, 9.17) is 9.47 Å². The van der Waals surface area contributed by atoms with Crippen LogP contribution >= 0.6 is 0 Å². The van der Waals surface area contributed by atoms with Crippen LogP contribution in [0.2, 0.25) is 0 Å². The van der Waals surface area contributed by atoms with Gasteiger partial charge in [0.15, 0.2) is 0 Å². The fraction of sp³-hybridized carbons (Fsp3) is 0.409. The van der Waals surface area contributed by atoms with Crippen molar-refractivity contribution in [3.05, 3.63) is 47.5 Å².